The van der Waals surface area contributed by atoms with Crippen molar-refractivity contribution in [2.45, 2.75) is 64.8 Å². The van der Waals surface area contributed by atoms with Crippen molar-refractivity contribution in [1.29, 1.82) is 0 Å². The quantitative estimate of drug-likeness (QED) is 0.688. The zero-order chi connectivity index (χ0) is 20.9. The molecule has 160 valence electrons. The number of hydrogen-bond acceptors (Lipinski definition) is 4. The Morgan fingerprint density at radius 1 is 1.17 bits per heavy atom. The van der Waals surface area contributed by atoms with Crippen LogP contribution in [0.2, 0.25) is 0 Å². The number of fused-ring (bicyclic) bond motifs is 1. The van der Waals surface area contributed by atoms with E-state index in [1.165, 1.54) is 38.5 Å². The van der Waals surface area contributed by atoms with E-state index in [2.05, 4.69) is 12.2 Å². The van der Waals surface area contributed by atoms with Crippen LogP contribution in [-0.4, -0.2) is 18.6 Å². The second kappa shape index (κ2) is 7.44. The van der Waals surface area contributed by atoms with E-state index in [-0.39, 0.29) is 22.9 Å². The van der Waals surface area contributed by atoms with Crippen molar-refractivity contribution in [2.75, 3.05) is 6.61 Å². The van der Waals surface area contributed by atoms with E-state index in [4.69, 9.17) is 9.15 Å². The van der Waals surface area contributed by atoms with E-state index in [0.717, 1.165) is 24.2 Å². The number of carbonyl (C=O) groups is 1. The van der Waals surface area contributed by atoms with Crippen LogP contribution in [0.4, 0.5) is 0 Å². The van der Waals surface area contributed by atoms with Gasteiger partial charge < -0.3 is 14.5 Å². The van der Waals surface area contributed by atoms with Gasteiger partial charge in [-0.05, 0) is 87.2 Å². The van der Waals surface area contributed by atoms with E-state index in [9.17, 15) is 9.59 Å². The number of para-hydroxylation sites is 1. The molecule has 4 aliphatic carbocycles. The average Bonchev–Trinajstić information content (AvgIpc) is 2.71. The second-order valence-corrected chi connectivity index (χ2v) is 9.77. The number of benzene rings is 1. The van der Waals surface area contributed by atoms with Crippen molar-refractivity contribution < 1.29 is 13.9 Å². The Morgan fingerprint density at radius 3 is 2.43 bits per heavy atom. The standard InChI is InChI=1S/C25H31NO4/c1-3-21(25-12-15-8-16(13-25)10-17(9-15)14-25)26-23(27)19-11-18-6-5-7-20(29-4-2)22(18)30-24(19)28/h5-7,11,15-17,21H,3-4,8-10,12-14H2,1-2H3,(H,26,27)/t15?,16?,17?,21-,25?/m0/s1. The van der Waals surface area contributed by atoms with Crippen LogP contribution in [0.15, 0.2) is 33.5 Å². The number of nitrogens with one attached hydrogen (secondary N) is 1. The van der Waals surface area contributed by atoms with E-state index in [0.29, 0.717) is 23.3 Å². The molecule has 0 spiro atoms. The van der Waals surface area contributed by atoms with E-state index < -0.39 is 5.63 Å². The molecule has 30 heavy (non-hydrogen) atoms. The molecule has 0 unspecified atom stereocenters. The molecule has 1 N–H and O–H groups in total. The third-order valence-electron chi connectivity index (χ3n) is 7.81. The molecule has 6 rings (SSSR count). The molecule has 1 heterocycles. The highest BCUT2D eigenvalue weighted by Crippen LogP contribution is 2.61. The maximum atomic E-state index is 13.2. The largest absolute Gasteiger partial charge is 0.490 e. The fourth-order valence-corrected chi connectivity index (χ4v) is 7.07. The Balaban J connectivity index is 1.42. The Kier molecular flexibility index (Phi) is 4.87. The first kappa shape index (κ1) is 19.7. The van der Waals surface area contributed by atoms with Gasteiger partial charge in [0.15, 0.2) is 11.3 Å². The fraction of sp³-hybridized carbons (Fsp3) is 0.600. The molecule has 0 radical (unpaired) electrons. The number of carbonyl (C=O) groups excluding carboxylic acids is 1. The predicted octanol–water partition coefficient (Wildman–Crippen LogP) is 4.92. The summed E-state index contributed by atoms with van der Waals surface area (Å²) in [7, 11) is 0. The number of ether oxygens (including phenoxy) is 1. The summed E-state index contributed by atoms with van der Waals surface area (Å²) in [6, 6.07) is 7.22. The van der Waals surface area contributed by atoms with Crippen molar-refractivity contribution in [3.05, 3.63) is 40.2 Å². The predicted molar refractivity (Wildman–Crippen MR) is 116 cm³/mol. The van der Waals surface area contributed by atoms with Crippen LogP contribution in [-0.2, 0) is 0 Å². The highest BCUT2D eigenvalue weighted by atomic mass is 16.5. The topological polar surface area (TPSA) is 68.5 Å². The van der Waals surface area contributed by atoms with Gasteiger partial charge in [0.2, 0.25) is 0 Å². The summed E-state index contributed by atoms with van der Waals surface area (Å²) >= 11 is 0. The molecule has 1 atom stereocenters. The molecule has 1 aromatic carbocycles. The molecule has 1 amide bonds. The third-order valence-corrected chi connectivity index (χ3v) is 7.81. The first-order valence-corrected chi connectivity index (χ1v) is 11.5. The first-order valence-electron chi connectivity index (χ1n) is 11.5. The van der Waals surface area contributed by atoms with Gasteiger partial charge in [-0.3, -0.25) is 4.79 Å². The molecular weight excluding hydrogens is 378 g/mol. The lowest BCUT2D eigenvalue weighted by atomic mass is 9.47. The van der Waals surface area contributed by atoms with Gasteiger partial charge in [0.25, 0.3) is 5.91 Å². The zero-order valence-corrected chi connectivity index (χ0v) is 17.9. The highest BCUT2D eigenvalue weighted by Gasteiger charge is 2.54. The lowest BCUT2D eigenvalue weighted by Crippen LogP contribution is -2.57. The molecule has 5 nitrogen and oxygen atoms in total. The molecule has 4 fully saturated rings. The molecule has 2 aromatic rings. The first-order chi connectivity index (χ1) is 14.5. The van der Waals surface area contributed by atoms with E-state index >= 15 is 0 Å². The van der Waals surface area contributed by atoms with Crippen LogP contribution in [0.5, 0.6) is 5.75 Å². The maximum Gasteiger partial charge on any atom is 0.349 e. The summed E-state index contributed by atoms with van der Waals surface area (Å²) < 4.78 is 11.1. The van der Waals surface area contributed by atoms with Gasteiger partial charge in [-0.2, -0.15) is 0 Å². The Morgan fingerprint density at radius 2 is 1.83 bits per heavy atom. The molecule has 4 bridgehead atoms. The Bertz CT molecular complexity index is 988. The monoisotopic (exact) mass is 409 g/mol. The van der Waals surface area contributed by atoms with Gasteiger partial charge in [0.05, 0.1) is 6.61 Å². The van der Waals surface area contributed by atoms with Gasteiger partial charge in [0.1, 0.15) is 5.56 Å². The molecule has 4 saturated carbocycles. The van der Waals surface area contributed by atoms with Crippen molar-refractivity contribution in [2.24, 2.45) is 23.2 Å². The summed E-state index contributed by atoms with van der Waals surface area (Å²) in [5.74, 6) is 2.69. The fourth-order valence-electron chi connectivity index (χ4n) is 7.07. The van der Waals surface area contributed by atoms with E-state index in [1.54, 1.807) is 12.1 Å². The van der Waals surface area contributed by atoms with Crippen LogP contribution in [0, 0.1) is 23.2 Å². The lowest BCUT2D eigenvalue weighted by Gasteiger charge is -2.59. The second-order valence-electron chi connectivity index (χ2n) is 9.77. The van der Waals surface area contributed by atoms with Gasteiger partial charge in [-0.1, -0.05) is 19.1 Å². The molecule has 0 aliphatic heterocycles. The van der Waals surface area contributed by atoms with Crippen molar-refractivity contribution in [3.8, 4) is 5.75 Å². The maximum absolute atomic E-state index is 13.2. The smallest absolute Gasteiger partial charge is 0.349 e. The van der Waals surface area contributed by atoms with Gasteiger partial charge in [-0.25, -0.2) is 4.79 Å². The van der Waals surface area contributed by atoms with Crippen LogP contribution in [0.25, 0.3) is 11.0 Å². The van der Waals surface area contributed by atoms with Crippen LogP contribution >= 0.6 is 0 Å². The van der Waals surface area contributed by atoms with Gasteiger partial charge >= 0.3 is 5.63 Å². The minimum Gasteiger partial charge on any atom is -0.490 e. The number of amides is 1. The van der Waals surface area contributed by atoms with Crippen molar-refractivity contribution in [3.63, 3.8) is 0 Å². The average molecular weight is 410 g/mol. The number of rotatable bonds is 6. The molecule has 1 aromatic heterocycles. The normalized spacial score (nSPS) is 30.4. The minimum absolute atomic E-state index is 0.0827. The van der Waals surface area contributed by atoms with Crippen molar-refractivity contribution in [1.82, 2.24) is 5.32 Å². The molecule has 5 heteroatoms. The summed E-state index contributed by atoms with van der Waals surface area (Å²) in [6.07, 6.45) is 8.69. The summed E-state index contributed by atoms with van der Waals surface area (Å²) in [6.45, 7) is 4.52. The molecular formula is C25H31NO4. The summed E-state index contributed by atoms with van der Waals surface area (Å²) in [5.41, 5.74) is 0.0825. The summed E-state index contributed by atoms with van der Waals surface area (Å²) in [5, 5.41) is 3.96. The number of hydrogen-bond donors (Lipinski definition) is 1. The third kappa shape index (κ3) is 3.23. The highest BCUT2D eigenvalue weighted by molar-refractivity contribution is 5.97. The minimum atomic E-state index is -0.604. The van der Waals surface area contributed by atoms with Crippen LogP contribution < -0.4 is 15.7 Å². The summed E-state index contributed by atoms with van der Waals surface area (Å²) in [4.78, 5) is 25.8. The van der Waals surface area contributed by atoms with Crippen LogP contribution in [0.3, 0.4) is 0 Å². The van der Waals surface area contributed by atoms with Gasteiger partial charge in [0, 0.05) is 11.4 Å². The molecule has 0 saturated heterocycles. The SMILES string of the molecule is CCOc1cccc2cc(C(=O)N[C@@H](CC)C34CC5CC(CC(C5)C3)C4)c(=O)oc12. The Hall–Kier alpha value is -2.30. The Labute approximate surface area is 177 Å². The van der Waals surface area contributed by atoms with E-state index in [1.807, 2.05) is 19.1 Å². The lowest BCUT2D eigenvalue weighted by molar-refractivity contribution is -0.0727. The van der Waals surface area contributed by atoms with Crippen LogP contribution in [0.1, 0.15) is 69.2 Å². The van der Waals surface area contributed by atoms with Gasteiger partial charge in [-0.15, -0.1) is 0 Å². The molecule has 4 aliphatic rings. The van der Waals surface area contributed by atoms with Crippen molar-refractivity contribution >= 4 is 16.9 Å². The zero-order valence-electron chi connectivity index (χ0n) is 17.9.